The second kappa shape index (κ2) is 3.17. The molecule has 0 aromatic heterocycles. The van der Waals surface area contributed by atoms with Crippen LogP contribution < -0.4 is 0 Å². The third-order valence-corrected chi connectivity index (χ3v) is 0.318. The maximum absolute atomic E-state index is 9.71. The molecule has 0 aliphatic heterocycles. The topological polar surface area (TPSA) is 83.8 Å². The van der Waals surface area contributed by atoms with E-state index in [4.69, 9.17) is 10.0 Å². The summed E-state index contributed by atoms with van der Waals surface area (Å²) in [5, 5.41) is 15.6. The maximum atomic E-state index is 9.71. The number of rotatable bonds is 2. The molecule has 0 aliphatic rings. The van der Waals surface area contributed by atoms with Crippen molar-refractivity contribution in [1.82, 2.24) is 0 Å². The Morgan fingerprint density at radius 3 is 2.25 bits per heavy atom. The minimum absolute atomic E-state index is 0.167. The Bertz CT molecular complexity index is 98.6. The Morgan fingerprint density at radius 1 is 1.62 bits per heavy atom. The summed E-state index contributed by atoms with van der Waals surface area (Å²) in [6, 6.07) is 0. The molecule has 0 unspecified atom stereocenters. The standard InChI is InChI=1S/C2H3BO5/c4-1-2(5)8-3(6)7/h1,6-7H. The second-order valence-electron chi connectivity index (χ2n) is 0.881. The lowest BCUT2D eigenvalue weighted by atomic mass is 10.3. The van der Waals surface area contributed by atoms with Gasteiger partial charge in [-0.1, -0.05) is 0 Å². The number of aldehydes is 1. The zero-order valence-electron chi connectivity index (χ0n) is 3.77. The largest absolute Gasteiger partial charge is 0.709 e. The summed E-state index contributed by atoms with van der Waals surface area (Å²) in [6.07, 6.45) is -0.167. The van der Waals surface area contributed by atoms with Gasteiger partial charge in [0.25, 0.3) is 0 Å². The van der Waals surface area contributed by atoms with E-state index in [0.29, 0.717) is 0 Å². The van der Waals surface area contributed by atoms with Crippen LogP contribution in [-0.4, -0.2) is 29.6 Å². The molecule has 0 aromatic carbocycles. The van der Waals surface area contributed by atoms with E-state index in [1.807, 2.05) is 0 Å². The molecule has 0 saturated heterocycles. The Kier molecular flexibility index (Phi) is 2.82. The van der Waals surface area contributed by atoms with E-state index in [9.17, 15) is 9.59 Å². The molecule has 0 amide bonds. The highest BCUT2D eigenvalue weighted by Gasteiger charge is 2.14. The van der Waals surface area contributed by atoms with E-state index in [-0.39, 0.29) is 6.29 Å². The van der Waals surface area contributed by atoms with E-state index >= 15 is 0 Å². The molecule has 6 heteroatoms. The van der Waals surface area contributed by atoms with Gasteiger partial charge in [-0.05, 0) is 0 Å². The third-order valence-electron chi connectivity index (χ3n) is 0.318. The lowest BCUT2D eigenvalue weighted by Gasteiger charge is -1.92. The van der Waals surface area contributed by atoms with Crippen molar-refractivity contribution in [3.05, 3.63) is 0 Å². The van der Waals surface area contributed by atoms with Crippen LogP contribution in [0.4, 0.5) is 0 Å². The van der Waals surface area contributed by atoms with Crippen LogP contribution in [0.25, 0.3) is 0 Å². The van der Waals surface area contributed by atoms with Gasteiger partial charge >= 0.3 is 13.3 Å². The predicted molar refractivity (Wildman–Crippen MR) is 22.3 cm³/mol. The van der Waals surface area contributed by atoms with Crippen LogP contribution in [0.1, 0.15) is 0 Å². The van der Waals surface area contributed by atoms with Crippen LogP contribution in [0.5, 0.6) is 0 Å². The van der Waals surface area contributed by atoms with Gasteiger partial charge in [0.2, 0.25) is 6.29 Å². The fraction of sp³-hybridized carbons (Fsp3) is 0. The summed E-state index contributed by atoms with van der Waals surface area (Å²) in [6.45, 7) is 0. The molecule has 44 valence electrons. The van der Waals surface area contributed by atoms with Gasteiger partial charge in [-0.2, -0.15) is 0 Å². The molecule has 0 rings (SSSR count). The normalized spacial score (nSPS) is 7.75. The van der Waals surface area contributed by atoms with E-state index in [0.717, 1.165) is 0 Å². The highest BCUT2D eigenvalue weighted by atomic mass is 16.6. The van der Waals surface area contributed by atoms with E-state index < -0.39 is 13.3 Å². The molecule has 0 fully saturated rings. The highest BCUT2D eigenvalue weighted by Crippen LogP contribution is 1.72. The van der Waals surface area contributed by atoms with Crippen molar-refractivity contribution in [3.63, 3.8) is 0 Å². The highest BCUT2D eigenvalue weighted by molar-refractivity contribution is 6.40. The molecule has 0 heterocycles. The van der Waals surface area contributed by atoms with Crippen molar-refractivity contribution in [2.75, 3.05) is 0 Å². The van der Waals surface area contributed by atoms with Crippen LogP contribution in [0.2, 0.25) is 0 Å². The molecule has 0 spiro atoms. The van der Waals surface area contributed by atoms with Gasteiger partial charge in [-0.15, -0.1) is 0 Å². The SMILES string of the molecule is O=CC(=O)OB(O)O. The maximum Gasteiger partial charge on any atom is 0.709 e. The third kappa shape index (κ3) is 3.32. The Balaban J connectivity index is 3.39. The predicted octanol–water partition coefficient (Wildman–Crippen LogP) is -2.30. The van der Waals surface area contributed by atoms with Crippen molar-refractivity contribution in [1.29, 1.82) is 0 Å². The summed E-state index contributed by atoms with van der Waals surface area (Å²) in [5.74, 6) is -1.31. The van der Waals surface area contributed by atoms with E-state index in [1.165, 1.54) is 0 Å². The summed E-state index contributed by atoms with van der Waals surface area (Å²) in [5.41, 5.74) is 0. The lowest BCUT2D eigenvalue weighted by Crippen LogP contribution is -2.22. The van der Waals surface area contributed by atoms with Gasteiger partial charge in [0, 0.05) is 0 Å². The van der Waals surface area contributed by atoms with E-state index in [1.54, 1.807) is 0 Å². The second-order valence-corrected chi connectivity index (χ2v) is 0.881. The van der Waals surface area contributed by atoms with Crippen LogP contribution in [0.15, 0.2) is 0 Å². The molecule has 2 N–H and O–H groups in total. The first-order valence-electron chi connectivity index (χ1n) is 1.68. The molecule has 0 aliphatic carbocycles. The van der Waals surface area contributed by atoms with E-state index in [2.05, 4.69) is 4.65 Å². The monoisotopic (exact) mass is 118 g/mol. The van der Waals surface area contributed by atoms with Crippen molar-refractivity contribution in [3.8, 4) is 0 Å². The first-order valence-corrected chi connectivity index (χ1v) is 1.68. The van der Waals surface area contributed by atoms with Gasteiger partial charge in [0.15, 0.2) is 0 Å². The van der Waals surface area contributed by atoms with Gasteiger partial charge in [-0.3, -0.25) is 4.79 Å². The quantitative estimate of drug-likeness (QED) is 0.242. The molecular weight excluding hydrogens is 115 g/mol. The van der Waals surface area contributed by atoms with Crippen molar-refractivity contribution in [2.24, 2.45) is 0 Å². The van der Waals surface area contributed by atoms with Crippen molar-refractivity contribution < 1.29 is 24.3 Å². The van der Waals surface area contributed by atoms with Crippen LogP contribution in [-0.2, 0) is 14.2 Å². The van der Waals surface area contributed by atoms with Crippen LogP contribution >= 0.6 is 0 Å². The summed E-state index contributed by atoms with van der Waals surface area (Å²) in [7, 11) is -2.20. The molecule has 8 heavy (non-hydrogen) atoms. The average molecular weight is 118 g/mol. The smallest absolute Gasteiger partial charge is 0.479 e. The van der Waals surface area contributed by atoms with Gasteiger partial charge < -0.3 is 14.7 Å². The molecule has 0 bridgehead atoms. The molecule has 0 radical (unpaired) electrons. The Morgan fingerprint density at radius 2 is 2.12 bits per heavy atom. The zero-order valence-corrected chi connectivity index (χ0v) is 3.77. The minimum Gasteiger partial charge on any atom is -0.479 e. The zero-order chi connectivity index (χ0) is 6.57. The fourth-order valence-electron chi connectivity index (χ4n) is 0.132. The molecule has 0 saturated carbocycles. The fourth-order valence-corrected chi connectivity index (χ4v) is 0.132. The van der Waals surface area contributed by atoms with Gasteiger partial charge in [0.1, 0.15) is 0 Å². The summed E-state index contributed by atoms with van der Waals surface area (Å²) < 4.78 is 3.50. The molecule has 5 nitrogen and oxygen atoms in total. The van der Waals surface area contributed by atoms with Crippen LogP contribution in [0, 0.1) is 0 Å². The Hall–Kier alpha value is -0.875. The van der Waals surface area contributed by atoms with Crippen molar-refractivity contribution >= 4 is 19.6 Å². The number of carbonyl (C=O) groups is 2. The minimum atomic E-state index is -2.20. The van der Waals surface area contributed by atoms with Gasteiger partial charge in [0.05, 0.1) is 0 Å². The molecular formula is C2H3BO5. The first-order chi connectivity index (χ1) is 3.66. The molecule has 0 aromatic rings. The molecule has 0 atom stereocenters. The summed E-state index contributed by atoms with van der Waals surface area (Å²) >= 11 is 0. The first kappa shape index (κ1) is 7.12. The Labute approximate surface area is 45.1 Å². The van der Waals surface area contributed by atoms with Crippen LogP contribution in [0.3, 0.4) is 0 Å². The summed E-state index contributed by atoms with van der Waals surface area (Å²) in [4.78, 5) is 19.1. The number of hydrogen-bond donors (Lipinski definition) is 2. The average Bonchev–Trinajstić information content (AvgIpc) is 1.65. The van der Waals surface area contributed by atoms with Gasteiger partial charge in [-0.25, -0.2) is 4.79 Å². The number of carbonyl (C=O) groups excluding carboxylic acids is 2. The lowest BCUT2D eigenvalue weighted by molar-refractivity contribution is -0.143. The van der Waals surface area contributed by atoms with Crippen molar-refractivity contribution in [2.45, 2.75) is 0 Å². The number of hydrogen-bond acceptors (Lipinski definition) is 5.